The molecule has 14 heavy (non-hydrogen) atoms. The molecule has 1 N–H and O–H groups in total. The third-order valence-corrected chi connectivity index (χ3v) is 3.23. The van der Waals surface area contributed by atoms with Gasteiger partial charge in [0.2, 0.25) is 0 Å². The summed E-state index contributed by atoms with van der Waals surface area (Å²) < 4.78 is 0. The summed E-state index contributed by atoms with van der Waals surface area (Å²) in [5.41, 5.74) is 1.42. The van der Waals surface area contributed by atoms with Crippen LogP contribution < -0.4 is 5.32 Å². The lowest BCUT2D eigenvalue weighted by Gasteiger charge is -2.11. The van der Waals surface area contributed by atoms with Crippen LogP contribution in [-0.2, 0) is 0 Å². The number of rotatable bonds is 7. The lowest BCUT2D eigenvalue weighted by molar-refractivity contribution is 0.537. The molecule has 1 atom stereocenters. The summed E-state index contributed by atoms with van der Waals surface area (Å²) in [4.78, 5) is 0. The normalized spacial score (nSPS) is 13.0. The molecule has 1 heterocycles. The Kier molecular flexibility index (Phi) is 5.88. The van der Waals surface area contributed by atoms with Crippen molar-refractivity contribution in [2.45, 2.75) is 45.6 Å². The van der Waals surface area contributed by atoms with Crippen LogP contribution in [0.15, 0.2) is 16.8 Å². The Balaban J connectivity index is 2.07. The van der Waals surface area contributed by atoms with E-state index in [-0.39, 0.29) is 0 Å². The summed E-state index contributed by atoms with van der Waals surface area (Å²) in [7, 11) is 0. The highest BCUT2D eigenvalue weighted by Crippen LogP contribution is 2.15. The predicted molar refractivity (Wildman–Crippen MR) is 64.9 cm³/mol. The van der Waals surface area contributed by atoms with Gasteiger partial charge >= 0.3 is 0 Å². The van der Waals surface area contributed by atoms with Gasteiger partial charge in [-0.3, -0.25) is 0 Å². The number of nitrogens with one attached hydrogen (secondary N) is 1. The van der Waals surface area contributed by atoms with Gasteiger partial charge in [0, 0.05) is 6.04 Å². The molecule has 0 radical (unpaired) electrons. The number of hydrogen-bond acceptors (Lipinski definition) is 2. The fraction of sp³-hybridized carbons (Fsp3) is 0.667. The minimum absolute atomic E-state index is 0.517. The summed E-state index contributed by atoms with van der Waals surface area (Å²) in [6.45, 7) is 5.64. The van der Waals surface area contributed by atoms with Gasteiger partial charge in [0.25, 0.3) is 0 Å². The minimum atomic E-state index is 0.517. The molecule has 0 saturated carbocycles. The molecule has 0 spiro atoms. The largest absolute Gasteiger partial charge is 0.310 e. The zero-order chi connectivity index (χ0) is 10.2. The topological polar surface area (TPSA) is 12.0 Å². The molecule has 1 aromatic heterocycles. The van der Waals surface area contributed by atoms with Crippen LogP contribution in [-0.4, -0.2) is 6.54 Å². The van der Waals surface area contributed by atoms with Crippen molar-refractivity contribution in [2.24, 2.45) is 0 Å². The predicted octanol–water partition coefficient (Wildman–Crippen LogP) is 3.98. The van der Waals surface area contributed by atoms with E-state index < -0.39 is 0 Å². The number of thiophene rings is 1. The maximum atomic E-state index is 3.55. The molecule has 1 rings (SSSR count). The van der Waals surface area contributed by atoms with E-state index in [1.165, 1.54) is 31.2 Å². The van der Waals surface area contributed by atoms with E-state index >= 15 is 0 Å². The number of hydrogen-bond donors (Lipinski definition) is 1. The van der Waals surface area contributed by atoms with Crippen molar-refractivity contribution in [1.82, 2.24) is 5.32 Å². The fourth-order valence-corrected chi connectivity index (χ4v) is 2.26. The standard InChI is InChI=1S/C12H21NS/c1-3-4-5-6-8-13-11(2)12-7-9-14-10-12/h7,9-11,13H,3-6,8H2,1-2H3. The molecule has 0 bridgehead atoms. The van der Waals surface area contributed by atoms with Gasteiger partial charge in [0.05, 0.1) is 0 Å². The third kappa shape index (κ3) is 4.25. The SMILES string of the molecule is CCCCCCNC(C)c1ccsc1. The Hall–Kier alpha value is -0.340. The Morgan fingerprint density at radius 1 is 1.36 bits per heavy atom. The van der Waals surface area contributed by atoms with Crippen molar-refractivity contribution in [3.8, 4) is 0 Å². The van der Waals surface area contributed by atoms with Gasteiger partial charge in [-0.1, -0.05) is 26.2 Å². The van der Waals surface area contributed by atoms with E-state index in [4.69, 9.17) is 0 Å². The summed E-state index contributed by atoms with van der Waals surface area (Å²) in [6, 6.07) is 2.72. The molecule has 0 amide bonds. The monoisotopic (exact) mass is 211 g/mol. The van der Waals surface area contributed by atoms with Crippen LogP contribution in [0.25, 0.3) is 0 Å². The zero-order valence-electron chi connectivity index (χ0n) is 9.25. The molecule has 1 nitrogen and oxygen atoms in total. The van der Waals surface area contributed by atoms with Crippen LogP contribution in [0.3, 0.4) is 0 Å². The van der Waals surface area contributed by atoms with Gasteiger partial charge in [0.15, 0.2) is 0 Å². The van der Waals surface area contributed by atoms with Crippen molar-refractivity contribution >= 4 is 11.3 Å². The first-order valence-corrected chi connectivity index (χ1v) is 6.54. The second-order valence-electron chi connectivity index (χ2n) is 3.79. The molecule has 0 fully saturated rings. The third-order valence-electron chi connectivity index (χ3n) is 2.52. The van der Waals surface area contributed by atoms with Gasteiger partial charge in [-0.15, -0.1) is 0 Å². The zero-order valence-corrected chi connectivity index (χ0v) is 10.1. The molecular formula is C12H21NS. The average molecular weight is 211 g/mol. The summed E-state index contributed by atoms with van der Waals surface area (Å²) >= 11 is 1.78. The average Bonchev–Trinajstić information content (AvgIpc) is 2.70. The summed E-state index contributed by atoms with van der Waals surface area (Å²) in [5.74, 6) is 0. The fourth-order valence-electron chi connectivity index (χ4n) is 1.51. The van der Waals surface area contributed by atoms with E-state index in [2.05, 4.69) is 36.0 Å². The Morgan fingerprint density at radius 2 is 2.21 bits per heavy atom. The van der Waals surface area contributed by atoms with Crippen molar-refractivity contribution < 1.29 is 0 Å². The highest BCUT2D eigenvalue weighted by atomic mass is 32.1. The lowest BCUT2D eigenvalue weighted by Crippen LogP contribution is -2.19. The highest BCUT2D eigenvalue weighted by Gasteiger charge is 2.03. The molecule has 0 aliphatic carbocycles. The lowest BCUT2D eigenvalue weighted by atomic mass is 10.1. The Morgan fingerprint density at radius 3 is 2.86 bits per heavy atom. The highest BCUT2D eigenvalue weighted by molar-refractivity contribution is 7.07. The number of unbranched alkanes of at least 4 members (excludes halogenated alkanes) is 3. The quantitative estimate of drug-likeness (QED) is 0.673. The second kappa shape index (κ2) is 7.02. The van der Waals surface area contributed by atoms with Gasteiger partial charge < -0.3 is 5.32 Å². The van der Waals surface area contributed by atoms with Crippen LogP contribution in [0.4, 0.5) is 0 Å². The van der Waals surface area contributed by atoms with Crippen LogP contribution in [0.2, 0.25) is 0 Å². The van der Waals surface area contributed by atoms with E-state index in [0.29, 0.717) is 6.04 Å². The molecule has 0 aromatic carbocycles. The minimum Gasteiger partial charge on any atom is -0.310 e. The van der Waals surface area contributed by atoms with Gasteiger partial charge in [-0.25, -0.2) is 0 Å². The molecule has 1 aromatic rings. The van der Waals surface area contributed by atoms with Gasteiger partial charge in [-0.05, 0) is 42.3 Å². The van der Waals surface area contributed by atoms with E-state index in [1.54, 1.807) is 11.3 Å². The van der Waals surface area contributed by atoms with E-state index in [9.17, 15) is 0 Å². The van der Waals surface area contributed by atoms with E-state index in [0.717, 1.165) is 6.54 Å². The smallest absolute Gasteiger partial charge is 0.0300 e. The second-order valence-corrected chi connectivity index (χ2v) is 4.57. The van der Waals surface area contributed by atoms with Crippen molar-refractivity contribution in [1.29, 1.82) is 0 Å². The molecular weight excluding hydrogens is 190 g/mol. The molecule has 1 unspecified atom stereocenters. The Labute approximate surface area is 91.5 Å². The first kappa shape index (κ1) is 11.7. The molecule has 0 aliphatic rings. The molecule has 80 valence electrons. The molecule has 0 aliphatic heterocycles. The van der Waals surface area contributed by atoms with Gasteiger partial charge in [-0.2, -0.15) is 11.3 Å². The van der Waals surface area contributed by atoms with Crippen molar-refractivity contribution in [3.05, 3.63) is 22.4 Å². The van der Waals surface area contributed by atoms with Crippen LogP contribution in [0.5, 0.6) is 0 Å². The molecule has 0 saturated heterocycles. The van der Waals surface area contributed by atoms with Gasteiger partial charge in [0.1, 0.15) is 0 Å². The van der Waals surface area contributed by atoms with Crippen molar-refractivity contribution in [3.63, 3.8) is 0 Å². The van der Waals surface area contributed by atoms with Crippen LogP contribution in [0.1, 0.15) is 51.1 Å². The summed E-state index contributed by atoms with van der Waals surface area (Å²) in [5, 5.41) is 7.92. The first-order valence-electron chi connectivity index (χ1n) is 5.60. The maximum absolute atomic E-state index is 3.55. The van der Waals surface area contributed by atoms with Crippen LogP contribution in [0, 0.1) is 0 Å². The summed E-state index contributed by atoms with van der Waals surface area (Å²) in [6.07, 6.45) is 5.36. The first-order chi connectivity index (χ1) is 6.84. The Bertz CT molecular complexity index is 218. The molecule has 2 heteroatoms. The van der Waals surface area contributed by atoms with Crippen molar-refractivity contribution in [2.75, 3.05) is 6.54 Å². The van der Waals surface area contributed by atoms with Crippen LogP contribution >= 0.6 is 11.3 Å². The maximum Gasteiger partial charge on any atom is 0.0300 e. The van der Waals surface area contributed by atoms with E-state index in [1.807, 2.05) is 0 Å².